The molecule has 0 spiro atoms. The van der Waals surface area contributed by atoms with Gasteiger partial charge in [-0.1, -0.05) is 30.3 Å². The van der Waals surface area contributed by atoms with Gasteiger partial charge in [-0.25, -0.2) is 0 Å². The highest BCUT2D eigenvalue weighted by molar-refractivity contribution is 5.61. The van der Waals surface area contributed by atoms with Gasteiger partial charge in [0.25, 0.3) is 0 Å². The second-order valence-corrected chi connectivity index (χ2v) is 6.09. The molecule has 0 aliphatic heterocycles. The SMILES string of the molecule is Cc1ccccc1N=Nc1ccccc1N=Nc1ccc(N(C)C)cc1. The quantitative estimate of drug-likeness (QED) is 0.465. The van der Waals surface area contributed by atoms with Crippen molar-refractivity contribution in [3.63, 3.8) is 0 Å². The van der Waals surface area contributed by atoms with Crippen LogP contribution in [-0.2, 0) is 0 Å². The monoisotopic (exact) mass is 343 g/mol. The molecule has 0 saturated heterocycles. The summed E-state index contributed by atoms with van der Waals surface area (Å²) in [6.07, 6.45) is 0. The van der Waals surface area contributed by atoms with Crippen LogP contribution in [0.1, 0.15) is 5.56 Å². The van der Waals surface area contributed by atoms with Gasteiger partial charge in [-0.2, -0.15) is 10.2 Å². The first-order valence-electron chi connectivity index (χ1n) is 8.39. The van der Waals surface area contributed by atoms with E-state index < -0.39 is 0 Å². The van der Waals surface area contributed by atoms with Crippen molar-refractivity contribution in [2.45, 2.75) is 6.92 Å². The summed E-state index contributed by atoms with van der Waals surface area (Å²) in [5.41, 5.74) is 5.21. The molecule has 0 N–H and O–H groups in total. The molecule has 130 valence electrons. The van der Waals surface area contributed by atoms with Crippen LogP contribution < -0.4 is 4.90 Å². The second kappa shape index (κ2) is 8.16. The lowest BCUT2D eigenvalue weighted by molar-refractivity contribution is 1.13. The highest BCUT2D eigenvalue weighted by Crippen LogP contribution is 2.31. The average molecular weight is 343 g/mol. The first kappa shape index (κ1) is 17.5. The van der Waals surface area contributed by atoms with Crippen LogP contribution in [0.2, 0.25) is 0 Å². The Hall–Kier alpha value is -3.34. The average Bonchev–Trinajstić information content (AvgIpc) is 2.66. The van der Waals surface area contributed by atoms with Crippen LogP contribution in [0.4, 0.5) is 28.4 Å². The van der Waals surface area contributed by atoms with E-state index in [1.54, 1.807) is 0 Å². The molecule has 0 atom stereocenters. The fourth-order valence-electron chi connectivity index (χ4n) is 2.35. The summed E-state index contributed by atoms with van der Waals surface area (Å²) >= 11 is 0. The summed E-state index contributed by atoms with van der Waals surface area (Å²) in [5.74, 6) is 0. The van der Waals surface area contributed by atoms with Gasteiger partial charge in [0.1, 0.15) is 11.4 Å². The van der Waals surface area contributed by atoms with E-state index in [0.717, 1.165) is 22.6 Å². The molecule has 26 heavy (non-hydrogen) atoms. The lowest BCUT2D eigenvalue weighted by atomic mass is 10.2. The minimum Gasteiger partial charge on any atom is -0.378 e. The van der Waals surface area contributed by atoms with E-state index in [9.17, 15) is 0 Å². The number of benzene rings is 3. The molecular formula is C21H21N5. The predicted molar refractivity (Wildman–Crippen MR) is 107 cm³/mol. The Balaban J connectivity index is 1.82. The summed E-state index contributed by atoms with van der Waals surface area (Å²) < 4.78 is 0. The van der Waals surface area contributed by atoms with E-state index in [2.05, 4.69) is 20.5 Å². The minimum atomic E-state index is 0.682. The Morgan fingerprint density at radius 3 is 1.65 bits per heavy atom. The van der Waals surface area contributed by atoms with Gasteiger partial charge < -0.3 is 4.90 Å². The van der Waals surface area contributed by atoms with E-state index in [-0.39, 0.29) is 0 Å². The zero-order chi connectivity index (χ0) is 18.4. The van der Waals surface area contributed by atoms with Gasteiger partial charge in [0.2, 0.25) is 0 Å². The molecule has 0 heterocycles. The summed E-state index contributed by atoms with van der Waals surface area (Å²) in [6.45, 7) is 2.01. The van der Waals surface area contributed by atoms with Gasteiger partial charge in [0.05, 0.1) is 11.4 Å². The number of aryl methyl sites for hydroxylation is 1. The molecule has 3 aromatic carbocycles. The van der Waals surface area contributed by atoms with Crippen molar-refractivity contribution in [2.24, 2.45) is 20.5 Å². The summed E-state index contributed by atoms with van der Waals surface area (Å²) in [4.78, 5) is 2.04. The molecular weight excluding hydrogens is 322 g/mol. The molecule has 3 rings (SSSR count). The summed E-state index contributed by atoms with van der Waals surface area (Å²) in [6, 6.07) is 23.4. The van der Waals surface area contributed by atoms with Crippen molar-refractivity contribution in [3.8, 4) is 0 Å². The summed E-state index contributed by atoms with van der Waals surface area (Å²) in [7, 11) is 4.01. The van der Waals surface area contributed by atoms with Crippen molar-refractivity contribution in [1.29, 1.82) is 0 Å². The van der Waals surface area contributed by atoms with Crippen LogP contribution in [0.5, 0.6) is 0 Å². The molecule has 0 aromatic heterocycles. The molecule has 5 nitrogen and oxygen atoms in total. The molecule has 0 aliphatic rings. The van der Waals surface area contributed by atoms with Gasteiger partial charge in [-0.3, -0.25) is 0 Å². The van der Waals surface area contributed by atoms with Crippen molar-refractivity contribution in [2.75, 3.05) is 19.0 Å². The van der Waals surface area contributed by atoms with Crippen LogP contribution >= 0.6 is 0 Å². The highest BCUT2D eigenvalue weighted by atomic mass is 15.2. The van der Waals surface area contributed by atoms with Gasteiger partial charge in [0.15, 0.2) is 0 Å². The smallest absolute Gasteiger partial charge is 0.113 e. The third-order valence-corrected chi connectivity index (χ3v) is 3.90. The fourth-order valence-corrected chi connectivity index (χ4v) is 2.35. The number of nitrogens with zero attached hydrogens (tertiary/aromatic N) is 5. The molecule has 0 bridgehead atoms. The van der Waals surface area contributed by atoms with Crippen LogP contribution in [0.25, 0.3) is 0 Å². The van der Waals surface area contributed by atoms with Crippen LogP contribution in [0.3, 0.4) is 0 Å². The van der Waals surface area contributed by atoms with E-state index in [1.807, 2.05) is 98.7 Å². The minimum absolute atomic E-state index is 0.682. The molecule has 0 unspecified atom stereocenters. The van der Waals surface area contributed by atoms with Crippen molar-refractivity contribution in [1.82, 2.24) is 0 Å². The van der Waals surface area contributed by atoms with E-state index in [1.165, 1.54) is 0 Å². The van der Waals surface area contributed by atoms with Gasteiger partial charge >= 0.3 is 0 Å². The lowest BCUT2D eigenvalue weighted by Gasteiger charge is -2.11. The normalized spacial score (nSPS) is 11.3. The van der Waals surface area contributed by atoms with Crippen LogP contribution in [0, 0.1) is 6.92 Å². The van der Waals surface area contributed by atoms with Crippen molar-refractivity contribution < 1.29 is 0 Å². The van der Waals surface area contributed by atoms with Gasteiger partial charge in [-0.05, 0) is 55.0 Å². The molecule has 0 aliphatic carbocycles. The highest BCUT2D eigenvalue weighted by Gasteiger charge is 2.01. The number of hydrogen-bond donors (Lipinski definition) is 0. The van der Waals surface area contributed by atoms with Crippen molar-refractivity contribution in [3.05, 3.63) is 78.4 Å². The zero-order valence-electron chi connectivity index (χ0n) is 15.2. The summed E-state index contributed by atoms with van der Waals surface area (Å²) in [5, 5.41) is 17.4. The molecule has 5 heteroatoms. The molecule has 0 amide bonds. The van der Waals surface area contributed by atoms with E-state index in [0.29, 0.717) is 11.4 Å². The molecule has 0 saturated carbocycles. The first-order valence-corrected chi connectivity index (χ1v) is 8.39. The Morgan fingerprint density at radius 2 is 1.08 bits per heavy atom. The Bertz CT molecular complexity index is 927. The predicted octanol–water partition coefficient (Wildman–Crippen LogP) is 6.89. The van der Waals surface area contributed by atoms with Crippen LogP contribution in [0.15, 0.2) is 93.3 Å². The first-order chi connectivity index (χ1) is 12.6. The number of azo groups is 2. The number of anilines is 1. The van der Waals surface area contributed by atoms with Gasteiger partial charge in [-0.15, -0.1) is 10.2 Å². The maximum atomic E-state index is 4.35. The Labute approximate surface area is 153 Å². The third kappa shape index (κ3) is 4.39. The van der Waals surface area contributed by atoms with Crippen LogP contribution in [-0.4, -0.2) is 14.1 Å². The Morgan fingerprint density at radius 1 is 0.577 bits per heavy atom. The lowest BCUT2D eigenvalue weighted by Crippen LogP contribution is -2.07. The second-order valence-electron chi connectivity index (χ2n) is 6.09. The maximum absolute atomic E-state index is 4.35. The zero-order valence-corrected chi connectivity index (χ0v) is 15.2. The molecule has 3 aromatic rings. The number of rotatable bonds is 5. The van der Waals surface area contributed by atoms with E-state index in [4.69, 9.17) is 0 Å². The largest absolute Gasteiger partial charge is 0.378 e. The third-order valence-electron chi connectivity index (χ3n) is 3.90. The van der Waals surface area contributed by atoms with Crippen molar-refractivity contribution >= 4 is 28.4 Å². The standard InChI is InChI=1S/C21H21N5/c1-16-8-4-5-9-19(16)23-25-21-11-7-6-10-20(21)24-22-17-12-14-18(15-13-17)26(2)3/h4-15H,1-3H3. The molecule has 0 radical (unpaired) electrons. The van der Waals surface area contributed by atoms with E-state index >= 15 is 0 Å². The maximum Gasteiger partial charge on any atom is 0.113 e. The van der Waals surface area contributed by atoms with Gasteiger partial charge in [0, 0.05) is 19.8 Å². The number of hydrogen-bond acceptors (Lipinski definition) is 5. The topological polar surface area (TPSA) is 52.7 Å². The fraction of sp³-hybridized carbons (Fsp3) is 0.143. The Kier molecular flexibility index (Phi) is 5.49. The molecule has 0 fully saturated rings.